The van der Waals surface area contributed by atoms with Crippen LogP contribution < -0.4 is 5.73 Å². The maximum Gasteiger partial charge on any atom is 0.138 e. The molecule has 2 heterocycles. The van der Waals surface area contributed by atoms with Crippen LogP contribution in [-0.2, 0) is 26.3 Å². The molecule has 96 valence electrons. The number of thiophene rings is 1. The number of fused-ring (bicyclic) bond motifs is 1. The quantitative estimate of drug-likeness (QED) is 0.920. The third-order valence-corrected chi connectivity index (χ3v) is 4.96. The number of aryl methyl sites for hydroxylation is 3. The second-order valence-corrected chi connectivity index (χ2v) is 6.08. The van der Waals surface area contributed by atoms with Crippen LogP contribution in [-0.4, -0.2) is 14.8 Å². The predicted molar refractivity (Wildman–Crippen MR) is 72.6 cm³/mol. The average Bonchev–Trinajstić information content (AvgIpc) is 2.96. The summed E-state index contributed by atoms with van der Waals surface area (Å²) in [7, 11) is 1.91. The zero-order valence-corrected chi connectivity index (χ0v) is 11.4. The van der Waals surface area contributed by atoms with Crippen molar-refractivity contribution >= 4 is 11.3 Å². The standard InChI is InChI=1S/C13H18N4S/c1-17-13(15-8-16-17)7-10(14)12-6-9-4-2-3-5-11(9)18-12/h6,8,10H,2-5,7,14H2,1H3. The molecule has 0 radical (unpaired) electrons. The molecule has 3 rings (SSSR count). The topological polar surface area (TPSA) is 56.7 Å². The van der Waals surface area contributed by atoms with Crippen molar-refractivity contribution in [2.45, 2.75) is 38.1 Å². The molecule has 0 saturated carbocycles. The van der Waals surface area contributed by atoms with E-state index in [2.05, 4.69) is 16.1 Å². The predicted octanol–water partition coefficient (Wildman–Crippen LogP) is 2.00. The fourth-order valence-electron chi connectivity index (χ4n) is 2.50. The molecule has 4 nitrogen and oxygen atoms in total. The van der Waals surface area contributed by atoms with Gasteiger partial charge in [0.15, 0.2) is 0 Å². The normalized spacial score (nSPS) is 16.6. The van der Waals surface area contributed by atoms with E-state index in [-0.39, 0.29) is 6.04 Å². The van der Waals surface area contributed by atoms with Crippen LogP contribution in [0, 0.1) is 0 Å². The van der Waals surface area contributed by atoms with E-state index < -0.39 is 0 Å². The molecule has 18 heavy (non-hydrogen) atoms. The van der Waals surface area contributed by atoms with E-state index in [9.17, 15) is 0 Å². The van der Waals surface area contributed by atoms with Gasteiger partial charge in [0.1, 0.15) is 12.2 Å². The van der Waals surface area contributed by atoms with Gasteiger partial charge in [-0.3, -0.25) is 4.68 Å². The molecule has 0 bridgehead atoms. The van der Waals surface area contributed by atoms with Gasteiger partial charge in [0.05, 0.1) is 0 Å². The molecule has 1 unspecified atom stereocenters. The molecule has 1 atom stereocenters. The van der Waals surface area contributed by atoms with Crippen molar-refractivity contribution in [1.29, 1.82) is 0 Å². The Bertz CT molecular complexity index is 519. The molecule has 0 aromatic carbocycles. The summed E-state index contributed by atoms with van der Waals surface area (Å²) in [4.78, 5) is 7.08. The lowest BCUT2D eigenvalue weighted by Gasteiger charge is -2.08. The first-order valence-corrected chi connectivity index (χ1v) is 7.25. The van der Waals surface area contributed by atoms with Crippen LogP contribution in [0.5, 0.6) is 0 Å². The van der Waals surface area contributed by atoms with Gasteiger partial charge in [0.2, 0.25) is 0 Å². The van der Waals surface area contributed by atoms with Crippen LogP contribution in [0.2, 0.25) is 0 Å². The van der Waals surface area contributed by atoms with Gasteiger partial charge in [-0.25, -0.2) is 4.98 Å². The van der Waals surface area contributed by atoms with Crippen molar-refractivity contribution in [2.24, 2.45) is 12.8 Å². The maximum atomic E-state index is 6.30. The SMILES string of the molecule is Cn1ncnc1CC(N)c1cc2c(s1)CCCC2. The van der Waals surface area contributed by atoms with Gasteiger partial charge in [-0.15, -0.1) is 11.3 Å². The first-order chi connectivity index (χ1) is 8.74. The van der Waals surface area contributed by atoms with Crippen LogP contribution in [0.4, 0.5) is 0 Å². The van der Waals surface area contributed by atoms with Crippen molar-refractivity contribution < 1.29 is 0 Å². The van der Waals surface area contributed by atoms with E-state index in [0.717, 1.165) is 12.2 Å². The molecule has 2 N–H and O–H groups in total. The van der Waals surface area contributed by atoms with Gasteiger partial charge in [-0.1, -0.05) is 0 Å². The molecule has 5 heteroatoms. The molecule has 0 aliphatic heterocycles. The Labute approximate surface area is 111 Å². The lowest BCUT2D eigenvalue weighted by molar-refractivity contribution is 0.635. The number of nitrogens with two attached hydrogens (primary N) is 1. The first-order valence-electron chi connectivity index (χ1n) is 6.44. The Balaban J connectivity index is 1.78. The van der Waals surface area contributed by atoms with Crippen LogP contribution in [0.1, 0.15) is 40.0 Å². The van der Waals surface area contributed by atoms with E-state index in [0.29, 0.717) is 0 Å². The minimum atomic E-state index is 0.0449. The minimum Gasteiger partial charge on any atom is -0.323 e. The molecule has 0 fully saturated rings. The van der Waals surface area contributed by atoms with Gasteiger partial charge in [0, 0.05) is 29.3 Å². The number of nitrogens with zero attached hydrogens (tertiary/aromatic N) is 3. The van der Waals surface area contributed by atoms with E-state index >= 15 is 0 Å². The molecule has 0 spiro atoms. The highest BCUT2D eigenvalue weighted by Crippen LogP contribution is 2.32. The minimum absolute atomic E-state index is 0.0449. The van der Waals surface area contributed by atoms with E-state index in [1.54, 1.807) is 15.9 Å². The second-order valence-electron chi connectivity index (χ2n) is 4.91. The third-order valence-electron chi connectivity index (χ3n) is 3.59. The zero-order valence-electron chi connectivity index (χ0n) is 10.6. The number of rotatable bonds is 3. The number of aromatic nitrogens is 3. The van der Waals surface area contributed by atoms with Crippen molar-refractivity contribution in [3.63, 3.8) is 0 Å². The van der Waals surface area contributed by atoms with Gasteiger partial charge >= 0.3 is 0 Å². The maximum absolute atomic E-state index is 6.30. The molecule has 2 aromatic rings. The van der Waals surface area contributed by atoms with Crippen molar-refractivity contribution in [3.8, 4) is 0 Å². The third kappa shape index (κ3) is 2.20. The van der Waals surface area contributed by atoms with Crippen LogP contribution >= 0.6 is 11.3 Å². The van der Waals surface area contributed by atoms with Crippen molar-refractivity contribution in [3.05, 3.63) is 33.5 Å². The smallest absolute Gasteiger partial charge is 0.138 e. The second kappa shape index (κ2) is 4.82. The zero-order chi connectivity index (χ0) is 12.5. The Morgan fingerprint density at radius 2 is 2.28 bits per heavy atom. The molecule has 1 aliphatic rings. The lowest BCUT2D eigenvalue weighted by atomic mass is 9.98. The summed E-state index contributed by atoms with van der Waals surface area (Å²) in [6, 6.07) is 2.35. The largest absolute Gasteiger partial charge is 0.323 e. The van der Waals surface area contributed by atoms with Gasteiger partial charge < -0.3 is 5.73 Å². The summed E-state index contributed by atoms with van der Waals surface area (Å²) in [5.74, 6) is 0.953. The highest BCUT2D eigenvalue weighted by molar-refractivity contribution is 7.12. The van der Waals surface area contributed by atoms with E-state index in [1.165, 1.54) is 36.1 Å². The van der Waals surface area contributed by atoms with Crippen LogP contribution in [0.3, 0.4) is 0 Å². The van der Waals surface area contributed by atoms with E-state index in [4.69, 9.17) is 5.73 Å². The molecule has 2 aromatic heterocycles. The molecule has 0 amide bonds. The summed E-state index contributed by atoms with van der Waals surface area (Å²) in [5, 5.41) is 4.08. The highest BCUT2D eigenvalue weighted by atomic mass is 32.1. The van der Waals surface area contributed by atoms with Crippen LogP contribution in [0.15, 0.2) is 12.4 Å². The fraction of sp³-hybridized carbons (Fsp3) is 0.538. The summed E-state index contributed by atoms with van der Waals surface area (Å²) >= 11 is 1.89. The van der Waals surface area contributed by atoms with Crippen molar-refractivity contribution in [2.75, 3.05) is 0 Å². The summed E-state index contributed by atoms with van der Waals surface area (Å²) in [6.45, 7) is 0. The number of hydrogen-bond acceptors (Lipinski definition) is 4. The van der Waals surface area contributed by atoms with Gasteiger partial charge in [-0.2, -0.15) is 5.10 Å². The Morgan fingerprint density at radius 1 is 1.44 bits per heavy atom. The Kier molecular flexibility index (Phi) is 3.18. The van der Waals surface area contributed by atoms with Crippen LogP contribution in [0.25, 0.3) is 0 Å². The molecule has 1 aliphatic carbocycles. The molecular weight excluding hydrogens is 244 g/mol. The number of hydrogen-bond donors (Lipinski definition) is 1. The van der Waals surface area contributed by atoms with Crippen molar-refractivity contribution in [1.82, 2.24) is 14.8 Å². The first kappa shape index (κ1) is 11.9. The monoisotopic (exact) mass is 262 g/mol. The lowest BCUT2D eigenvalue weighted by Crippen LogP contribution is -2.14. The summed E-state index contributed by atoms with van der Waals surface area (Å²) in [5.41, 5.74) is 7.82. The van der Waals surface area contributed by atoms with Gasteiger partial charge in [0.25, 0.3) is 0 Å². The highest BCUT2D eigenvalue weighted by Gasteiger charge is 2.18. The average molecular weight is 262 g/mol. The summed E-state index contributed by atoms with van der Waals surface area (Å²) in [6.07, 6.45) is 7.45. The Morgan fingerprint density at radius 3 is 3.00 bits per heavy atom. The fourth-order valence-corrected chi connectivity index (χ4v) is 3.76. The molecule has 0 saturated heterocycles. The summed E-state index contributed by atoms with van der Waals surface area (Å²) < 4.78 is 1.80. The van der Waals surface area contributed by atoms with Gasteiger partial charge in [-0.05, 0) is 37.3 Å². The molecular formula is C13H18N4S. The Hall–Kier alpha value is -1.20. The van der Waals surface area contributed by atoms with E-state index in [1.807, 2.05) is 18.4 Å².